The molecule has 1 rings (SSSR count). The van der Waals surface area contributed by atoms with Crippen LogP contribution in [0.2, 0.25) is 0 Å². The number of likely N-dealkylation sites (N-methyl/N-ethyl adjacent to an activating group) is 1. The van der Waals surface area contributed by atoms with Crippen LogP contribution in [0, 0.1) is 0 Å². The molecule has 0 spiro atoms. The first-order chi connectivity index (χ1) is 8.88. The molecule has 1 aromatic rings. The maximum absolute atomic E-state index is 11.7. The third-order valence-electron chi connectivity index (χ3n) is 2.50. The molecule has 4 nitrogen and oxygen atoms in total. The Hall–Kier alpha value is -1.55. The number of benzene rings is 1. The normalized spacial score (nSPS) is 11.2. The maximum Gasteiger partial charge on any atom is 0.410 e. The van der Waals surface area contributed by atoms with Gasteiger partial charge in [0.1, 0.15) is 5.60 Å². The van der Waals surface area contributed by atoms with Crippen LogP contribution in [-0.4, -0.2) is 36.7 Å². The number of rotatable bonds is 5. The van der Waals surface area contributed by atoms with Crippen molar-refractivity contribution < 1.29 is 9.53 Å². The van der Waals surface area contributed by atoms with Gasteiger partial charge in [-0.05, 0) is 26.3 Å². The Bertz CT molecular complexity index is 385. The van der Waals surface area contributed by atoms with Gasteiger partial charge in [-0.3, -0.25) is 0 Å². The van der Waals surface area contributed by atoms with Gasteiger partial charge >= 0.3 is 6.09 Å². The second kappa shape index (κ2) is 7.14. The van der Waals surface area contributed by atoms with E-state index in [1.807, 2.05) is 39.0 Å². The quantitative estimate of drug-likeness (QED) is 0.831. The van der Waals surface area contributed by atoms with Gasteiger partial charge in [0.15, 0.2) is 0 Å². The van der Waals surface area contributed by atoms with Crippen LogP contribution in [0.25, 0.3) is 0 Å². The molecule has 0 saturated carbocycles. The van der Waals surface area contributed by atoms with Crippen LogP contribution < -0.4 is 5.32 Å². The first kappa shape index (κ1) is 15.5. The molecule has 0 bridgehead atoms. The Labute approximate surface area is 115 Å². The van der Waals surface area contributed by atoms with Crippen molar-refractivity contribution in [3.8, 4) is 0 Å². The van der Waals surface area contributed by atoms with Crippen molar-refractivity contribution in [2.45, 2.75) is 32.9 Å². The monoisotopic (exact) mass is 264 g/mol. The Balaban J connectivity index is 2.20. The zero-order valence-corrected chi connectivity index (χ0v) is 12.3. The van der Waals surface area contributed by atoms with Gasteiger partial charge in [0, 0.05) is 26.7 Å². The maximum atomic E-state index is 11.7. The van der Waals surface area contributed by atoms with Gasteiger partial charge in [0.25, 0.3) is 0 Å². The first-order valence-electron chi connectivity index (χ1n) is 6.57. The van der Waals surface area contributed by atoms with E-state index in [2.05, 4.69) is 17.4 Å². The highest BCUT2D eigenvalue weighted by atomic mass is 16.6. The van der Waals surface area contributed by atoms with Crippen LogP contribution in [0.5, 0.6) is 0 Å². The summed E-state index contributed by atoms with van der Waals surface area (Å²) in [7, 11) is 1.75. The predicted molar refractivity (Wildman–Crippen MR) is 77.0 cm³/mol. The van der Waals surface area contributed by atoms with E-state index >= 15 is 0 Å². The van der Waals surface area contributed by atoms with Crippen molar-refractivity contribution >= 4 is 6.09 Å². The van der Waals surface area contributed by atoms with Crippen LogP contribution in [0.1, 0.15) is 26.3 Å². The summed E-state index contributed by atoms with van der Waals surface area (Å²) in [5, 5.41) is 3.30. The molecule has 0 aliphatic carbocycles. The van der Waals surface area contributed by atoms with Crippen LogP contribution in [0.4, 0.5) is 4.79 Å². The van der Waals surface area contributed by atoms with Gasteiger partial charge in [-0.25, -0.2) is 4.79 Å². The van der Waals surface area contributed by atoms with Crippen molar-refractivity contribution in [2.24, 2.45) is 0 Å². The van der Waals surface area contributed by atoms with Crippen LogP contribution >= 0.6 is 0 Å². The molecule has 0 heterocycles. The largest absolute Gasteiger partial charge is 0.444 e. The Morgan fingerprint density at radius 2 is 1.89 bits per heavy atom. The van der Waals surface area contributed by atoms with Crippen molar-refractivity contribution in [3.05, 3.63) is 35.9 Å². The summed E-state index contributed by atoms with van der Waals surface area (Å²) in [6, 6.07) is 10.2. The molecule has 0 saturated heterocycles. The van der Waals surface area contributed by atoms with E-state index in [1.54, 1.807) is 11.9 Å². The molecular formula is C15H24N2O2. The predicted octanol–water partition coefficient (Wildman–Crippen LogP) is 2.64. The lowest BCUT2D eigenvalue weighted by molar-refractivity contribution is 0.0300. The number of carbonyl (C=O) groups excluding carboxylic acids is 1. The minimum absolute atomic E-state index is 0.283. The van der Waals surface area contributed by atoms with Crippen molar-refractivity contribution in [1.29, 1.82) is 0 Å². The minimum atomic E-state index is -0.442. The standard InChI is InChI=1S/C15H24N2O2/c1-15(2,3)19-14(18)17(4)11-10-16-12-13-8-6-5-7-9-13/h5-9,16H,10-12H2,1-4H3. The summed E-state index contributed by atoms with van der Waals surface area (Å²) in [5.41, 5.74) is 0.797. The smallest absolute Gasteiger partial charge is 0.410 e. The highest BCUT2D eigenvalue weighted by Gasteiger charge is 2.18. The summed E-state index contributed by atoms with van der Waals surface area (Å²) in [5.74, 6) is 0. The van der Waals surface area contributed by atoms with E-state index in [4.69, 9.17) is 4.74 Å². The van der Waals surface area contributed by atoms with Crippen LogP contribution in [0.3, 0.4) is 0 Å². The molecular weight excluding hydrogens is 240 g/mol. The number of nitrogens with zero attached hydrogens (tertiary/aromatic N) is 1. The Kier molecular flexibility index (Phi) is 5.83. The molecule has 0 aliphatic heterocycles. The molecule has 1 amide bonds. The third-order valence-corrected chi connectivity index (χ3v) is 2.50. The molecule has 4 heteroatoms. The summed E-state index contributed by atoms with van der Waals surface area (Å²) < 4.78 is 5.27. The van der Waals surface area contributed by atoms with Gasteiger partial charge in [0.2, 0.25) is 0 Å². The molecule has 0 aromatic heterocycles. The molecule has 0 unspecified atom stereocenters. The van der Waals surface area contributed by atoms with Crippen molar-refractivity contribution in [3.63, 3.8) is 0 Å². The highest BCUT2D eigenvalue weighted by Crippen LogP contribution is 2.08. The van der Waals surface area contributed by atoms with E-state index in [0.717, 1.165) is 13.1 Å². The number of ether oxygens (including phenoxy) is 1. The number of nitrogens with one attached hydrogen (secondary N) is 1. The fraction of sp³-hybridized carbons (Fsp3) is 0.533. The zero-order valence-electron chi connectivity index (χ0n) is 12.3. The fourth-order valence-corrected chi connectivity index (χ4v) is 1.51. The average Bonchev–Trinajstić information content (AvgIpc) is 2.33. The number of carbonyl (C=O) groups is 1. The van der Waals surface area contributed by atoms with Gasteiger partial charge in [-0.2, -0.15) is 0 Å². The minimum Gasteiger partial charge on any atom is -0.444 e. The van der Waals surface area contributed by atoms with E-state index in [-0.39, 0.29) is 6.09 Å². The molecule has 19 heavy (non-hydrogen) atoms. The molecule has 0 atom stereocenters. The molecule has 0 radical (unpaired) electrons. The molecule has 1 aromatic carbocycles. The van der Waals surface area contributed by atoms with E-state index in [0.29, 0.717) is 6.54 Å². The van der Waals surface area contributed by atoms with Gasteiger partial charge in [0.05, 0.1) is 0 Å². The van der Waals surface area contributed by atoms with E-state index < -0.39 is 5.60 Å². The number of amides is 1. The van der Waals surface area contributed by atoms with Gasteiger partial charge < -0.3 is 15.0 Å². The second-order valence-electron chi connectivity index (χ2n) is 5.56. The van der Waals surface area contributed by atoms with Gasteiger partial charge in [-0.1, -0.05) is 30.3 Å². The summed E-state index contributed by atoms with van der Waals surface area (Å²) >= 11 is 0. The molecule has 0 fully saturated rings. The molecule has 0 aliphatic rings. The lowest BCUT2D eigenvalue weighted by Gasteiger charge is -2.24. The number of hydrogen-bond acceptors (Lipinski definition) is 3. The van der Waals surface area contributed by atoms with Crippen molar-refractivity contribution in [1.82, 2.24) is 10.2 Å². The topological polar surface area (TPSA) is 41.6 Å². The second-order valence-corrected chi connectivity index (χ2v) is 5.56. The lowest BCUT2D eigenvalue weighted by atomic mass is 10.2. The Morgan fingerprint density at radius 3 is 2.47 bits per heavy atom. The summed E-state index contributed by atoms with van der Waals surface area (Å²) in [6.45, 7) is 7.78. The molecule has 106 valence electrons. The lowest BCUT2D eigenvalue weighted by Crippen LogP contribution is -2.37. The molecule has 1 N–H and O–H groups in total. The summed E-state index contributed by atoms with van der Waals surface area (Å²) in [4.78, 5) is 13.3. The fourth-order valence-electron chi connectivity index (χ4n) is 1.51. The third kappa shape index (κ3) is 6.82. The van der Waals surface area contributed by atoms with Crippen molar-refractivity contribution in [2.75, 3.05) is 20.1 Å². The summed E-state index contributed by atoms with van der Waals surface area (Å²) in [6.07, 6.45) is -0.283. The highest BCUT2D eigenvalue weighted by molar-refractivity contribution is 5.67. The van der Waals surface area contributed by atoms with Crippen LogP contribution in [0.15, 0.2) is 30.3 Å². The van der Waals surface area contributed by atoms with Gasteiger partial charge in [-0.15, -0.1) is 0 Å². The average molecular weight is 264 g/mol. The zero-order chi connectivity index (χ0) is 14.3. The Morgan fingerprint density at radius 1 is 1.26 bits per heavy atom. The van der Waals surface area contributed by atoms with Crippen LogP contribution in [-0.2, 0) is 11.3 Å². The van der Waals surface area contributed by atoms with E-state index in [1.165, 1.54) is 5.56 Å². The van der Waals surface area contributed by atoms with E-state index in [9.17, 15) is 4.79 Å². The number of hydrogen-bond donors (Lipinski definition) is 1. The SMILES string of the molecule is CN(CCNCc1ccccc1)C(=O)OC(C)(C)C. The first-order valence-corrected chi connectivity index (χ1v) is 6.57.